The Balaban J connectivity index is 1.50. The van der Waals surface area contributed by atoms with Gasteiger partial charge in [0.2, 0.25) is 0 Å². The lowest BCUT2D eigenvalue weighted by atomic mass is 10.1. The van der Waals surface area contributed by atoms with Crippen molar-refractivity contribution in [3.63, 3.8) is 0 Å². The lowest BCUT2D eigenvalue weighted by Crippen LogP contribution is -2.37. The molecular weight excluding hydrogens is 314 g/mol. The van der Waals surface area contributed by atoms with Crippen molar-refractivity contribution < 1.29 is 14.6 Å². The molecule has 126 valence electrons. The summed E-state index contributed by atoms with van der Waals surface area (Å²) in [5.74, 6) is 0.651. The summed E-state index contributed by atoms with van der Waals surface area (Å²) in [5, 5.41) is 12.4. The van der Waals surface area contributed by atoms with E-state index in [-0.39, 0.29) is 19.1 Å². The van der Waals surface area contributed by atoms with Crippen LogP contribution in [0.3, 0.4) is 0 Å². The Labute approximate surface area is 146 Å². The van der Waals surface area contributed by atoms with Crippen LogP contribution in [0.5, 0.6) is 5.75 Å². The first-order valence-corrected chi connectivity index (χ1v) is 8.34. The van der Waals surface area contributed by atoms with Gasteiger partial charge in [0.25, 0.3) is 5.91 Å². The van der Waals surface area contributed by atoms with E-state index >= 15 is 0 Å². The Hall–Kier alpha value is -2.85. The van der Waals surface area contributed by atoms with E-state index in [4.69, 9.17) is 4.74 Å². The van der Waals surface area contributed by atoms with Crippen LogP contribution in [0.15, 0.2) is 60.7 Å². The van der Waals surface area contributed by atoms with Crippen LogP contribution in [-0.4, -0.2) is 30.3 Å². The summed E-state index contributed by atoms with van der Waals surface area (Å²) >= 11 is 0. The highest BCUT2D eigenvalue weighted by molar-refractivity contribution is 6.25. The van der Waals surface area contributed by atoms with Crippen molar-refractivity contribution in [3.8, 4) is 5.75 Å². The summed E-state index contributed by atoms with van der Waals surface area (Å²) < 4.78 is 5.66. The van der Waals surface area contributed by atoms with E-state index in [1.165, 1.54) is 0 Å². The molecule has 3 aromatic rings. The van der Waals surface area contributed by atoms with E-state index in [0.717, 1.165) is 27.8 Å². The molecule has 1 unspecified atom stereocenters. The van der Waals surface area contributed by atoms with Crippen LogP contribution in [0.1, 0.15) is 15.9 Å². The summed E-state index contributed by atoms with van der Waals surface area (Å²) in [4.78, 5) is 14.3. The zero-order chi connectivity index (χ0) is 17.4. The van der Waals surface area contributed by atoms with E-state index in [2.05, 4.69) is 0 Å². The lowest BCUT2D eigenvalue weighted by molar-refractivity contribution is 0.0913. The van der Waals surface area contributed by atoms with Crippen molar-refractivity contribution in [3.05, 3.63) is 71.8 Å². The van der Waals surface area contributed by atoms with Crippen LogP contribution in [0.2, 0.25) is 0 Å². The molecule has 0 fully saturated rings. The van der Waals surface area contributed by atoms with Gasteiger partial charge in [0.05, 0.1) is 12.2 Å². The SMILES string of the molecule is Cc1cccc(OCC(O)CN2C(=O)c3cccc4cccc2c34)c1. The number of benzene rings is 3. The number of rotatable bonds is 5. The summed E-state index contributed by atoms with van der Waals surface area (Å²) in [6.45, 7) is 2.34. The first-order chi connectivity index (χ1) is 12.1. The van der Waals surface area contributed by atoms with Gasteiger partial charge in [-0.2, -0.15) is 0 Å². The van der Waals surface area contributed by atoms with Gasteiger partial charge in [-0.3, -0.25) is 4.79 Å². The second-order valence-electron chi connectivity index (χ2n) is 6.38. The largest absolute Gasteiger partial charge is 0.491 e. The number of ether oxygens (including phenoxy) is 1. The van der Waals surface area contributed by atoms with Crippen LogP contribution >= 0.6 is 0 Å². The number of aliphatic hydroxyl groups excluding tert-OH is 1. The first-order valence-electron chi connectivity index (χ1n) is 8.34. The average Bonchev–Trinajstić information content (AvgIpc) is 2.88. The molecule has 1 atom stereocenters. The highest BCUT2D eigenvalue weighted by atomic mass is 16.5. The molecule has 1 aliphatic heterocycles. The van der Waals surface area contributed by atoms with Gasteiger partial charge in [-0.25, -0.2) is 0 Å². The van der Waals surface area contributed by atoms with Gasteiger partial charge in [-0.05, 0) is 42.1 Å². The minimum absolute atomic E-state index is 0.0681. The van der Waals surface area contributed by atoms with Crippen molar-refractivity contribution in [1.82, 2.24) is 0 Å². The van der Waals surface area contributed by atoms with E-state index in [1.54, 1.807) is 4.90 Å². The van der Waals surface area contributed by atoms with Gasteiger partial charge in [0, 0.05) is 10.9 Å². The summed E-state index contributed by atoms with van der Waals surface area (Å²) in [6.07, 6.45) is -0.769. The standard InChI is InChI=1S/C21H19NO3/c1-14-5-2-8-17(11-14)25-13-16(23)12-22-19-10-4-7-15-6-3-9-18(20(15)19)21(22)24/h2-11,16,23H,12-13H2,1H3. The fourth-order valence-electron chi connectivity index (χ4n) is 3.32. The molecule has 3 aromatic carbocycles. The fraction of sp³-hybridized carbons (Fsp3) is 0.190. The van der Waals surface area contributed by atoms with Gasteiger partial charge in [-0.1, -0.05) is 36.4 Å². The highest BCUT2D eigenvalue weighted by Gasteiger charge is 2.30. The third kappa shape index (κ3) is 2.85. The maximum Gasteiger partial charge on any atom is 0.259 e. The van der Waals surface area contributed by atoms with E-state index < -0.39 is 6.10 Å². The maximum absolute atomic E-state index is 12.7. The lowest BCUT2D eigenvalue weighted by Gasteiger charge is -2.21. The Morgan fingerprint density at radius 2 is 1.84 bits per heavy atom. The Morgan fingerprint density at radius 1 is 1.08 bits per heavy atom. The van der Waals surface area contributed by atoms with Crippen LogP contribution in [0.25, 0.3) is 10.8 Å². The molecule has 0 saturated carbocycles. The number of hydrogen-bond donors (Lipinski definition) is 1. The third-order valence-electron chi connectivity index (χ3n) is 4.47. The van der Waals surface area contributed by atoms with Crippen LogP contribution < -0.4 is 9.64 Å². The molecule has 4 nitrogen and oxygen atoms in total. The minimum Gasteiger partial charge on any atom is -0.491 e. The van der Waals surface area contributed by atoms with E-state index in [0.29, 0.717) is 5.56 Å². The van der Waals surface area contributed by atoms with Crippen LogP contribution in [0, 0.1) is 6.92 Å². The fourth-order valence-corrected chi connectivity index (χ4v) is 3.32. The third-order valence-corrected chi connectivity index (χ3v) is 4.47. The van der Waals surface area contributed by atoms with Crippen LogP contribution in [-0.2, 0) is 0 Å². The predicted molar refractivity (Wildman–Crippen MR) is 98.3 cm³/mol. The van der Waals surface area contributed by atoms with Crippen molar-refractivity contribution in [2.24, 2.45) is 0 Å². The van der Waals surface area contributed by atoms with Gasteiger partial charge in [0.1, 0.15) is 18.5 Å². The molecule has 1 N–H and O–H groups in total. The topological polar surface area (TPSA) is 49.8 Å². The number of aryl methyl sites for hydroxylation is 1. The number of hydrogen-bond acceptors (Lipinski definition) is 3. The maximum atomic E-state index is 12.7. The number of anilines is 1. The average molecular weight is 333 g/mol. The Morgan fingerprint density at radius 3 is 2.64 bits per heavy atom. The summed E-state index contributed by atoms with van der Waals surface area (Å²) in [5.41, 5.74) is 2.65. The molecule has 0 aromatic heterocycles. The molecule has 0 bridgehead atoms. The zero-order valence-electron chi connectivity index (χ0n) is 14.0. The molecule has 4 heteroatoms. The summed E-state index contributed by atoms with van der Waals surface area (Å²) in [6, 6.07) is 19.3. The molecule has 0 radical (unpaired) electrons. The molecule has 0 saturated heterocycles. The quantitative estimate of drug-likeness (QED) is 0.777. The number of nitrogens with zero attached hydrogens (tertiary/aromatic N) is 1. The van der Waals surface area contributed by atoms with Gasteiger partial charge >= 0.3 is 0 Å². The van der Waals surface area contributed by atoms with Crippen molar-refractivity contribution >= 4 is 22.4 Å². The normalized spacial score (nSPS) is 14.2. The van der Waals surface area contributed by atoms with Gasteiger partial charge in [-0.15, -0.1) is 0 Å². The molecule has 1 aliphatic rings. The molecular formula is C21H19NO3. The van der Waals surface area contributed by atoms with Gasteiger partial charge in [0.15, 0.2) is 0 Å². The van der Waals surface area contributed by atoms with Crippen molar-refractivity contribution in [2.45, 2.75) is 13.0 Å². The van der Waals surface area contributed by atoms with E-state index in [1.807, 2.05) is 67.6 Å². The monoisotopic (exact) mass is 333 g/mol. The number of carbonyl (C=O) groups excluding carboxylic acids is 1. The molecule has 1 heterocycles. The first kappa shape index (κ1) is 15.7. The predicted octanol–water partition coefficient (Wildman–Crippen LogP) is 3.55. The molecule has 1 amide bonds. The molecule has 25 heavy (non-hydrogen) atoms. The number of carbonyl (C=O) groups is 1. The number of amides is 1. The minimum atomic E-state index is -0.769. The number of aliphatic hydroxyl groups is 1. The highest BCUT2D eigenvalue weighted by Crippen LogP contribution is 2.37. The second kappa shape index (κ2) is 6.22. The Kier molecular flexibility index (Phi) is 3.90. The zero-order valence-corrected chi connectivity index (χ0v) is 14.0. The molecule has 0 aliphatic carbocycles. The van der Waals surface area contributed by atoms with Crippen LogP contribution in [0.4, 0.5) is 5.69 Å². The van der Waals surface area contributed by atoms with E-state index in [9.17, 15) is 9.90 Å². The van der Waals surface area contributed by atoms with Gasteiger partial charge < -0.3 is 14.7 Å². The molecule has 0 spiro atoms. The van der Waals surface area contributed by atoms with Crippen molar-refractivity contribution in [1.29, 1.82) is 0 Å². The smallest absolute Gasteiger partial charge is 0.259 e. The Bertz CT molecular complexity index is 946. The summed E-state index contributed by atoms with van der Waals surface area (Å²) in [7, 11) is 0. The molecule has 4 rings (SSSR count). The second-order valence-corrected chi connectivity index (χ2v) is 6.38. The van der Waals surface area contributed by atoms with Crippen molar-refractivity contribution in [2.75, 3.05) is 18.1 Å². The number of β-amino-alcohol motifs (C(OH)–C–C–N with tert-alkyl or cyclic N) is 1.